The summed E-state index contributed by atoms with van der Waals surface area (Å²) in [6, 6.07) is 10.3. The number of hydrogen-bond acceptors (Lipinski definition) is 6. The molecule has 34 heavy (non-hydrogen) atoms. The molecule has 0 aliphatic carbocycles. The molecule has 0 radical (unpaired) electrons. The van der Waals surface area contributed by atoms with Crippen LogP contribution in [0.25, 0.3) is 10.8 Å². The number of rotatable bonds is 13. The van der Waals surface area contributed by atoms with Gasteiger partial charge in [0.1, 0.15) is 11.8 Å². The fourth-order valence-corrected chi connectivity index (χ4v) is 5.33. The molecular formula is C24H36ClN3O5S. The summed E-state index contributed by atoms with van der Waals surface area (Å²) in [5.74, 6) is -0.439. The number of carboxylic acids is 1. The molecule has 2 aromatic rings. The van der Waals surface area contributed by atoms with Gasteiger partial charge in [0.15, 0.2) is 0 Å². The van der Waals surface area contributed by atoms with E-state index in [1.54, 1.807) is 0 Å². The molecule has 190 valence electrons. The maximum absolute atomic E-state index is 12.1. The van der Waals surface area contributed by atoms with Crippen molar-refractivity contribution in [2.45, 2.75) is 38.6 Å². The minimum absolute atomic E-state index is 0. The fraction of sp³-hybridized carbons (Fsp3) is 0.542. The van der Waals surface area contributed by atoms with Crippen LogP contribution in [-0.2, 0) is 21.2 Å². The molecule has 1 unspecified atom stereocenters. The van der Waals surface area contributed by atoms with E-state index in [9.17, 15) is 18.3 Å². The van der Waals surface area contributed by atoms with E-state index in [2.05, 4.69) is 14.9 Å². The Morgan fingerprint density at radius 2 is 1.85 bits per heavy atom. The number of sulfonamides is 1. The van der Waals surface area contributed by atoms with Crippen molar-refractivity contribution in [2.75, 3.05) is 45.1 Å². The van der Waals surface area contributed by atoms with Crippen molar-refractivity contribution in [3.63, 3.8) is 0 Å². The molecule has 0 aromatic heterocycles. The molecule has 1 atom stereocenters. The molecule has 0 amide bonds. The first-order valence-corrected chi connectivity index (χ1v) is 13.3. The van der Waals surface area contributed by atoms with E-state index in [0.29, 0.717) is 13.0 Å². The number of carboxylic acid groups (broad SMARTS) is 1. The van der Waals surface area contributed by atoms with Gasteiger partial charge in [0, 0.05) is 32.7 Å². The topological polar surface area (TPSA) is 108 Å². The Morgan fingerprint density at radius 3 is 2.56 bits per heavy atom. The highest BCUT2D eigenvalue weighted by Gasteiger charge is 2.24. The maximum Gasteiger partial charge on any atom is 0.322 e. The van der Waals surface area contributed by atoms with Gasteiger partial charge in [-0.2, -0.15) is 0 Å². The van der Waals surface area contributed by atoms with Gasteiger partial charge in [-0.05, 0) is 47.7 Å². The average Bonchev–Trinajstić information content (AvgIpc) is 2.80. The quantitative estimate of drug-likeness (QED) is 0.353. The zero-order valence-corrected chi connectivity index (χ0v) is 21.3. The highest BCUT2D eigenvalue weighted by molar-refractivity contribution is 7.89. The maximum atomic E-state index is 12.1. The van der Waals surface area contributed by atoms with Gasteiger partial charge in [-0.15, -0.1) is 12.4 Å². The predicted molar refractivity (Wildman–Crippen MR) is 138 cm³/mol. The van der Waals surface area contributed by atoms with Crippen LogP contribution in [0.15, 0.2) is 36.4 Å². The summed E-state index contributed by atoms with van der Waals surface area (Å²) in [5, 5.41) is 14.8. The number of nitrogens with one attached hydrogen (secondary N) is 2. The summed E-state index contributed by atoms with van der Waals surface area (Å²) in [6.07, 6.45) is 2.28. The van der Waals surface area contributed by atoms with Crippen LogP contribution in [-0.4, -0.2) is 75.5 Å². The number of unbranched alkanes of at least 4 members (excludes halogenated alkanes) is 1. The first-order chi connectivity index (χ1) is 15.9. The Bertz CT molecular complexity index is 1030. The van der Waals surface area contributed by atoms with E-state index in [0.717, 1.165) is 67.7 Å². The molecule has 3 rings (SSSR count). The van der Waals surface area contributed by atoms with Gasteiger partial charge in [0.05, 0.1) is 12.4 Å². The van der Waals surface area contributed by atoms with E-state index in [1.165, 1.54) is 0 Å². The summed E-state index contributed by atoms with van der Waals surface area (Å²) in [4.78, 5) is 14.1. The number of aliphatic carboxylic acids is 1. The average molecular weight is 514 g/mol. The molecule has 10 heteroatoms. The molecule has 0 saturated carbocycles. The molecule has 8 nitrogen and oxygen atoms in total. The van der Waals surface area contributed by atoms with Crippen molar-refractivity contribution in [1.29, 1.82) is 0 Å². The minimum atomic E-state index is -3.63. The number of hydrogen-bond donors (Lipinski definition) is 3. The van der Waals surface area contributed by atoms with Gasteiger partial charge in [0.2, 0.25) is 10.0 Å². The Kier molecular flexibility index (Phi) is 11.5. The number of piperazine rings is 1. The SMILES string of the molecule is CCCCS(=O)(=O)NC(Cc1ccc2cc(OCCCN3CCNCC3)ccc2c1)C(=O)O.Cl. The summed E-state index contributed by atoms with van der Waals surface area (Å²) in [6.45, 7) is 7.85. The lowest BCUT2D eigenvalue weighted by atomic mass is 10.0. The largest absolute Gasteiger partial charge is 0.494 e. The molecule has 1 fully saturated rings. The second kappa shape index (κ2) is 13.8. The first-order valence-electron chi connectivity index (χ1n) is 11.7. The number of halogens is 1. The third-order valence-corrected chi connectivity index (χ3v) is 7.27. The van der Waals surface area contributed by atoms with E-state index in [4.69, 9.17) is 4.74 Å². The summed E-state index contributed by atoms with van der Waals surface area (Å²) >= 11 is 0. The van der Waals surface area contributed by atoms with Gasteiger partial charge in [-0.3, -0.25) is 4.79 Å². The lowest BCUT2D eigenvalue weighted by Crippen LogP contribution is -2.43. The standard InChI is InChI=1S/C24H35N3O5S.ClH/c1-2-3-15-33(30,31)26-23(24(28)29)17-19-5-6-21-18-22(8-7-20(21)16-19)32-14-4-11-27-12-9-25-10-13-27;/h5-8,16,18,23,25-26H,2-4,9-15,17H2,1H3,(H,28,29);1H. The molecule has 0 bridgehead atoms. The molecule has 3 N–H and O–H groups in total. The summed E-state index contributed by atoms with van der Waals surface area (Å²) < 4.78 is 32.6. The molecule has 1 heterocycles. The monoisotopic (exact) mass is 513 g/mol. The van der Waals surface area contributed by atoms with E-state index in [1.807, 2.05) is 43.3 Å². The van der Waals surface area contributed by atoms with Crippen molar-refractivity contribution < 1.29 is 23.1 Å². The molecule has 2 aromatic carbocycles. The Labute approximate surface area is 208 Å². The zero-order valence-electron chi connectivity index (χ0n) is 19.7. The van der Waals surface area contributed by atoms with E-state index in [-0.39, 0.29) is 24.6 Å². The Balaban J connectivity index is 0.00000408. The van der Waals surface area contributed by atoms with Crippen LogP contribution in [0.5, 0.6) is 5.75 Å². The number of ether oxygens (including phenoxy) is 1. The number of nitrogens with zero attached hydrogens (tertiary/aromatic N) is 1. The third-order valence-electron chi connectivity index (χ3n) is 5.80. The lowest BCUT2D eigenvalue weighted by Gasteiger charge is -2.26. The zero-order chi connectivity index (χ0) is 23.7. The smallest absolute Gasteiger partial charge is 0.322 e. The highest BCUT2D eigenvalue weighted by atomic mass is 35.5. The van der Waals surface area contributed by atoms with Crippen molar-refractivity contribution in [1.82, 2.24) is 14.9 Å². The van der Waals surface area contributed by atoms with Crippen LogP contribution in [0.3, 0.4) is 0 Å². The van der Waals surface area contributed by atoms with Gasteiger partial charge >= 0.3 is 5.97 Å². The third kappa shape index (κ3) is 9.03. The summed E-state index contributed by atoms with van der Waals surface area (Å²) in [7, 11) is -3.63. The van der Waals surface area contributed by atoms with Crippen LogP contribution < -0.4 is 14.8 Å². The number of fused-ring (bicyclic) bond motifs is 1. The van der Waals surface area contributed by atoms with Gasteiger partial charge in [-0.1, -0.05) is 37.6 Å². The molecular weight excluding hydrogens is 478 g/mol. The second-order valence-corrected chi connectivity index (χ2v) is 10.4. The second-order valence-electron chi connectivity index (χ2n) is 8.52. The van der Waals surface area contributed by atoms with Gasteiger partial charge in [0.25, 0.3) is 0 Å². The predicted octanol–water partition coefficient (Wildman–Crippen LogP) is 2.65. The molecule has 1 aliphatic heterocycles. The van der Waals surface area contributed by atoms with Crippen LogP contribution in [0, 0.1) is 0 Å². The normalized spacial score (nSPS) is 15.6. The molecule has 0 spiro atoms. The molecule has 1 aliphatic rings. The van der Waals surface area contributed by atoms with Gasteiger partial charge in [-0.25, -0.2) is 13.1 Å². The minimum Gasteiger partial charge on any atom is -0.494 e. The lowest BCUT2D eigenvalue weighted by molar-refractivity contribution is -0.138. The van der Waals surface area contributed by atoms with Crippen molar-refractivity contribution >= 4 is 39.2 Å². The van der Waals surface area contributed by atoms with Crippen molar-refractivity contribution in [3.05, 3.63) is 42.0 Å². The fourth-order valence-electron chi connectivity index (χ4n) is 3.93. The Hall–Kier alpha value is -1.91. The van der Waals surface area contributed by atoms with E-state index < -0.39 is 22.0 Å². The first kappa shape index (κ1) is 28.3. The van der Waals surface area contributed by atoms with Crippen LogP contribution in [0.1, 0.15) is 31.7 Å². The number of carbonyl (C=O) groups is 1. The highest BCUT2D eigenvalue weighted by Crippen LogP contribution is 2.23. The Morgan fingerprint density at radius 1 is 1.15 bits per heavy atom. The van der Waals surface area contributed by atoms with Crippen LogP contribution in [0.2, 0.25) is 0 Å². The van der Waals surface area contributed by atoms with Crippen molar-refractivity contribution in [2.24, 2.45) is 0 Å². The summed E-state index contributed by atoms with van der Waals surface area (Å²) in [5.41, 5.74) is 0.762. The van der Waals surface area contributed by atoms with Crippen molar-refractivity contribution in [3.8, 4) is 5.75 Å². The van der Waals surface area contributed by atoms with Crippen LogP contribution in [0.4, 0.5) is 0 Å². The van der Waals surface area contributed by atoms with E-state index >= 15 is 0 Å². The van der Waals surface area contributed by atoms with Gasteiger partial charge < -0.3 is 20.1 Å². The molecule has 1 saturated heterocycles. The number of benzene rings is 2. The van der Waals surface area contributed by atoms with Crippen LogP contribution >= 0.6 is 12.4 Å².